The van der Waals surface area contributed by atoms with Gasteiger partial charge in [0, 0.05) is 38.3 Å². The average Bonchev–Trinajstić information content (AvgIpc) is 2.72. The van der Waals surface area contributed by atoms with Crippen LogP contribution >= 0.6 is 24.8 Å². The lowest BCUT2D eigenvalue weighted by Crippen LogP contribution is -2.47. The van der Waals surface area contributed by atoms with E-state index in [2.05, 4.69) is 39.4 Å². The number of methoxy groups -OCH3 is 1. The fraction of sp³-hybridized carbons (Fsp3) is 0.667. The van der Waals surface area contributed by atoms with Crippen LogP contribution in [0.1, 0.15) is 31.2 Å². The summed E-state index contributed by atoms with van der Waals surface area (Å²) in [7, 11) is 1.44. The molecule has 0 amide bonds. The maximum absolute atomic E-state index is 11.2. The number of halogens is 2. The molecule has 0 atom stereocenters. The molecule has 3 rings (SSSR count). The minimum absolute atomic E-state index is 0. The maximum Gasteiger partial charge on any atom is 0.305 e. The van der Waals surface area contributed by atoms with E-state index in [1.807, 2.05) is 0 Å². The zero-order chi connectivity index (χ0) is 18.2. The Morgan fingerprint density at radius 1 is 1.07 bits per heavy atom. The molecule has 0 radical (unpaired) electrons. The molecule has 2 aliphatic heterocycles. The van der Waals surface area contributed by atoms with Gasteiger partial charge in [-0.25, -0.2) is 0 Å². The van der Waals surface area contributed by atoms with Gasteiger partial charge in [0.05, 0.1) is 7.11 Å². The molecule has 28 heavy (non-hydrogen) atoms. The Morgan fingerprint density at radius 2 is 1.71 bits per heavy atom. The van der Waals surface area contributed by atoms with Crippen molar-refractivity contribution in [1.82, 2.24) is 10.2 Å². The number of aryl methyl sites for hydroxylation is 1. The molecule has 160 valence electrons. The normalized spacial score (nSPS) is 18.1. The van der Waals surface area contributed by atoms with Crippen molar-refractivity contribution in [1.29, 1.82) is 0 Å². The van der Waals surface area contributed by atoms with Gasteiger partial charge < -0.3 is 15.0 Å². The van der Waals surface area contributed by atoms with Gasteiger partial charge in [-0.2, -0.15) is 0 Å². The number of nitrogens with one attached hydrogen (secondary N) is 1. The standard InChI is InChI=1S/C21H33N3O2.2ClH/c1-26-21(25)7-4-18-2-5-20(6-3-18)24-16-14-23(15-17-24)13-10-19-8-11-22-12-9-19;;/h2-3,5-6,19,22H,4,7-17H2,1H3;2*1H. The van der Waals surface area contributed by atoms with Crippen molar-refractivity contribution in [3.05, 3.63) is 29.8 Å². The van der Waals surface area contributed by atoms with Crippen LogP contribution in [0.4, 0.5) is 5.69 Å². The summed E-state index contributed by atoms with van der Waals surface area (Å²) in [6.45, 7) is 8.19. The molecule has 2 aliphatic rings. The number of benzene rings is 1. The third-order valence-electron chi connectivity index (χ3n) is 5.83. The second-order valence-corrected chi connectivity index (χ2v) is 7.55. The largest absolute Gasteiger partial charge is 0.469 e. The molecule has 1 N–H and O–H groups in total. The van der Waals surface area contributed by atoms with Crippen molar-refractivity contribution >= 4 is 36.5 Å². The number of anilines is 1. The Labute approximate surface area is 182 Å². The molecule has 0 saturated carbocycles. The molecule has 2 fully saturated rings. The van der Waals surface area contributed by atoms with E-state index in [-0.39, 0.29) is 30.8 Å². The third kappa shape index (κ3) is 7.78. The highest BCUT2D eigenvalue weighted by atomic mass is 35.5. The Bertz CT molecular complexity index is 557. The zero-order valence-corrected chi connectivity index (χ0v) is 18.5. The van der Waals surface area contributed by atoms with E-state index in [9.17, 15) is 4.79 Å². The van der Waals surface area contributed by atoms with Gasteiger partial charge >= 0.3 is 5.97 Å². The lowest BCUT2D eigenvalue weighted by atomic mass is 9.94. The lowest BCUT2D eigenvalue weighted by molar-refractivity contribution is -0.140. The first kappa shape index (κ1) is 25.0. The Morgan fingerprint density at radius 3 is 2.32 bits per heavy atom. The van der Waals surface area contributed by atoms with Crippen LogP contribution in [0.15, 0.2) is 24.3 Å². The minimum Gasteiger partial charge on any atom is -0.469 e. The Kier molecular flexibility index (Phi) is 11.8. The number of esters is 1. The van der Waals surface area contributed by atoms with Crippen molar-refractivity contribution in [3.8, 4) is 0 Å². The van der Waals surface area contributed by atoms with Crippen LogP contribution in [0.5, 0.6) is 0 Å². The number of hydrogen-bond acceptors (Lipinski definition) is 5. The molecule has 0 spiro atoms. The molecule has 0 unspecified atom stereocenters. The average molecular weight is 432 g/mol. The number of rotatable bonds is 7. The molecular weight excluding hydrogens is 397 g/mol. The summed E-state index contributed by atoms with van der Waals surface area (Å²) in [6, 6.07) is 8.66. The fourth-order valence-corrected chi connectivity index (χ4v) is 3.99. The first-order valence-electron chi connectivity index (χ1n) is 10.1. The van der Waals surface area contributed by atoms with Gasteiger partial charge in [0.2, 0.25) is 0 Å². The number of carbonyl (C=O) groups excluding carboxylic acids is 1. The summed E-state index contributed by atoms with van der Waals surface area (Å²) in [6.07, 6.45) is 5.25. The van der Waals surface area contributed by atoms with E-state index >= 15 is 0 Å². The predicted molar refractivity (Wildman–Crippen MR) is 120 cm³/mol. The highest BCUT2D eigenvalue weighted by Gasteiger charge is 2.19. The van der Waals surface area contributed by atoms with Gasteiger partial charge in [-0.1, -0.05) is 12.1 Å². The number of carbonyl (C=O) groups is 1. The second kappa shape index (κ2) is 13.3. The number of hydrogen-bond donors (Lipinski definition) is 1. The van der Waals surface area contributed by atoms with Gasteiger partial charge in [-0.15, -0.1) is 24.8 Å². The monoisotopic (exact) mass is 431 g/mol. The first-order chi connectivity index (χ1) is 12.7. The molecule has 1 aromatic rings. The fourth-order valence-electron chi connectivity index (χ4n) is 3.99. The Hall–Kier alpha value is -1.01. The molecule has 0 aliphatic carbocycles. The third-order valence-corrected chi connectivity index (χ3v) is 5.83. The van der Waals surface area contributed by atoms with E-state index in [1.165, 1.54) is 57.3 Å². The molecule has 0 bridgehead atoms. The summed E-state index contributed by atoms with van der Waals surface area (Å²) in [5.74, 6) is 0.779. The quantitative estimate of drug-likeness (QED) is 0.671. The predicted octanol–water partition coefficient (Wildman–Crippen LogP) is 3.15. The van der Waals surface area contributed by atoms with Crippen LogP contribution in [0, 0.1) is 5.92 Å². The molecule has 1 aromatic carbocycles. The van der Waals surface area contributed by atoms with Crippen LogP contribution in [-0.2, 0) is 16.0 Å². The number of nitrogens with zero attached hydrogens (tertiary/aromatic N) is 2. The van der Waals surface area contributed by atoms with Crippen molar-refractivity contribution in [2.24, 2.45) is 5.92 Å². The number of piperazine rings is 1. The van der Waals surface area contributed by atoms with Gasteiger partial charge in [0.25, 0.3) is 0 Å². The van der Waals surface area contributed by atoms with E-state index in [0.717, 1.165) is 38.5 Å². The van der Waals surface area contributed by atoms with Gasteiger partial charge in [0.1, 0.15) is 0 Å². The number of ether oxygens (including phenoxy) is 1. The van der Waals surface area contributed by atoms with Crippen molar-refractivity contribution in [3.63, 3.8) is 0 Å². The topological polar surface area (TPSA) is 44.8 Å². The summed E-state index contributed by atoms with van der Waals surface area (Å²) >= 11 is 0. The van der Waals surface area contributed by atoms with Crippen molar-refractivity contribution < 1.29 is 9.53 Å². The van der Waals surface area contributed by atoms with Crippen LogP contribution in [-0.4, -0.2) is 63.8 Å². The minimum atomic E-state index is -0.144. The SMILES string of the molecule is COC(=O)CCc1ccc(N2CCN(CCC3CCNCC3)CC2)cc1.Cl.Cl. The smallest absolute Gasteiger partial charge is 0.305 e. The second-order valence-electron chi connectivity index (χ2n) is 7.55. The van der Waals surface area contributed by atoms with Crippen molar-refractivity contribution in [2.45, 2.75) is 32.1 Å². The summed E-state index contributed by atoms with van der Waals surface area (Å²) in [5.41, 5.74) is 2.49. The van der Waals surface area contributed by atoms with E-state index in [1.54, 1.807) is 0 Å². The summed E-state index contributed by atoms with van der Waals surface area (Å²) in [5, 5.41) is 3.45. The highest BCUT2D eigenvalue weighted by molar-refractivity contribution is 5.85. The van der Waals surface area contributed by atoms with Crippen LogP contribution in [0.3, 0.4) is 0 Å². The van der Waals surface area contributed by atoms with Gasteiger partial charge in [-0.3, -0.25) is 9.69 Å². The van der Waals surface area contributed by atoms with Crippen molar-refractivity contribution in [2.75, 3.05) is 57.8 Å². The highest BCUT2D eigenvalue weighted by Crippen LogP contribution is 2.20. The van der Waals surface area contributed by atoms with E-state index in [4.69, 9.17) is 4.74 Å². The molecule has 0 aromatic heterocycles. The molecule has 2 heterocycles. The molecule has 2 saturated heterocycles. The maximum atomic E-state index is 11.2. The Balaban J connectivity index is 0.00000196. The number of piperidine rings is 1. The molecule has 7 heteroatoms. The van der Waals surface area contributed by atoms with E-state index < -0.39 is 0 Å². The molecular formula is C21H35Cl2N3O2. The van der Waals surface area contributed by atoms with Gasteiger partial charge in [-0.05, 0) is 68.9 Å². The zero-order valence-electron chi connectivity index (χ0n) is 16.9. The van der Waals surface area contributed by atoms with Crippen LogP contribution in [0.25, 0.3) is 0 Å². The lowest BCUT2D eigenvalue weighted by Gasteiger charge is -2.37. The molecule has 5 nitrogen and oxygen atoms in total. The van der Waals surface area contributed by atoms with Crippen LogP contribution < -0.4 is 10.2 Å². The first-order valence-corrected chi connectivity index (χ1v) is 10.1. The summed E-state index contributed by atoms with van der Waals surface area (Å²) < 4.78 is 4.70. The van der Waals surface area contributed by atoms with Gasteiger partial charge in [0.15, 0.2) is 0 Å². The van der Waals surface area contributed by atoms with Crippen LogP contribution in [0.2, 0.25) is 0 Å². The summed E-state index contributed by atoms with van der Waals surface area (Å²) in [4.78, 5) is 16.4. The van der Waals surface area contributed by atoms with E-state index in [0.29, 0.717) is 6.42 Å².